The van der Waals surface area contributed by atoms with E-state index in [0.29, 0.717) is 0 Å². The summed E-state index contributed by atoms with van der Waals surface area (Å²) in [4.78, 5) is 12.0. The zero-order valence-electron chi connectivity index (χ0n) is 11.2. The molecule has 0 heterocycles. The van der Waals surface area contributed by atoms with Gasteiger partial charge in [0, 0.05) is 12.5 Å². The first kappa shape index (κ1) is 14.7. The molecule has 0 aliphatic carbocycles. The summed E-state index contributed by atoms with van der Waals surface area (Å²) in [5.41, 5.74) is 6.76. The molecule has 0 aliphatic rings. The van der Waals surface area contributed by atoms with E-state index in [1.54, 1.807) is 6.07 Å². The van der Waals surface area contributed by atoms with Gasteiger partial charge in [-0.2, -0.15) is 5.26 Å². The molecule has 0 bridgehead atoms. The number of rotatable bonds is 4. The van der Waals surface area contributed by atoms with Gasteiger partial charge in [-0.1, -0.05) is 36.4 Å². The lowest BCUT2D eigenvalue weighted by Gasteiger charge is -2.12. The quantitative estimate of drug-likeness (QED) is 0.905. The minimum Gasteiger partial charge on any atom is -0.325 e. The Morgan fingerprint density at radius 1 is 1.24 bits per heavy atom. The van der Waals surface area contributed by atoms with Crippen LogP contribution in [0.25, 0.3) is 0 Å². The molecule has 0 saturated carbocycles. The van der Waals surface area contributed by atoms with E-state index in [9.17, 15) is 9.18 Å². The van der Waals surface area contributed by atoms with Crippen LogP contribution in [0.5, 0.6) is 0 Å². The average Bonchev–Trinajstić information content (AvgIpc) is 2.48. The van der Waals surface area contributed by atoms with Crippen molar-refractivity contribution in [1.29, 1.82) is 5.26 Å². The minimum atomic E-state index is -0.664. The lowest BCUT2D eigenvalue weighted by Crippen LogP contribution is -2.21. The van der Waals surface area contributed by atoms with Crippen LogP contribution in [0.1, 0.15) is 23.6 Å². The molecule has 1 amide bonds. The summed E-state index contributed by atoms with van der Waals surface area (Å²) in [5, 5.41) is 11.4. The number of amides is 1. The van der Waals surface area contributed by atoms with Gasteiger partial charge in [0.1, 0.15) is 17.4 Å². The number of carbonyl (C=O) groups is 1. The zero-order chi connectivity index (χ0) is 15.2. The normalized spacial score (nSPS) is 11.5. The molecule has 0 spiro atoms. The second-order valence-corrected chi connectivity index (χ2v) is 4.54. The Hall–Kier alpha value is -2.71. The fourth-order valence-electron chi connectivity index (χ4n) is 1.96. The van der Waals surface area contributed by atoms with Gasteiger partial charge in [0.25, 0.3) is 0 Å². The third-order valence-corrected chi connectivity index (χ3v) is 3.03. The summed E-state index contributed by atoms with van der Waals surface area (Å²) < 4.78 is 13.4. The number of nitrogens with zero attached hydrogens (tertiary/aromatic N) is 1. The van der Waals surface area contributed by atoms with E-state index in [-0.39, 0.29) is 23.6 Å². The molecule has 0 aromatic heterocycles. The number of halogens is 1. The molecule has 0 saturated heterocycles. The zero-order valence-corrected chi connectivity index (χ0v) is 11.2. The number of anilines is 1. The second-order valence-electron chi connectivity index (χ2n) is 4.54. The van der Waals surface area contributed by atoms with Crippen LogP contribution in [0.3, 0.4) is 0 Å². The molecule has 2 aromatic carbocycles. The van der Waals surface area contributed by atoms with Crippen molar-refractivity contribution in [3.63, 3.8) is 0 Å². The van der Waals surface area contributed by atoms with E-state index >= 15 is 0 Å². The highest BCUT2D eigenvalue weighted by molar-refractivity contribution is 5.92. The summed E-state index contributed by atoms with van der Waals surface area (Å²) in [5.74, 6) is -1.03. The third-order valence-electron chi connectivity index (χ3n) is 3.03. The van der Waals surface area contributed by atoms with E-state index in [1.807, 2.05) is 30.3 Å². The highest BCUT2D eigenvalue weighted by Crippen LogP contribution is 2.19. The standard InChI is InChI=1S/C16H14FN3O/c17-13-7-4-8-15(12(13)10-18)20-16(21)9-14(19)11-5-2-1-3-6-11/h1-8,14H,9,19H2,(H,20,21). The number of nitriles is 1. The number of hydrogen-bond donors (Lipinski definition) is 2. The lowest BCUT2D eigenvalue weighted by molar-refractivity contribution is -0.116. The van der Waals surface area contributed by atoms with Crippen molar-refractivity contribution in [1.82, 2.24) is 0 Å². The van der Waals surface area contributed by atoms with Crippen LogP contribution in [0.15, 0.2) is 48.5 Å². The van der Waals surface area contributed by atoms with E-state index in [2.05, 4.69) is 5.32 Å². The number of hydrogen-bond acceptors (Lipinski definition) is 3. The topological polar surface area (TPSA) is 78.9 Å². The molecule has 1 unspecified atom stereocenters. The van der Waals surface area contributed by atoms with Gasteiger partial charge in [-0.15, -0.1) is 0 Å². The summed E-state index contributed by atoms with van der Waals surface area (Å²) in [6.07, 6.45) is 0.0470. The van der Waals surface area contributed by atoms with Gasteiger partial charge in [0.05, 0.1) is 5.69 Å². The van der Waals surface area contributed by atoms with Crippen molar-refractivity contribution in [3.8, 4) is 6.07 Å². The van der Waals surface area contributed by atoms with Crippen LogP contribution in [0.4, 0.5) is 10.1 Å². The number of nitrogens with two attached hydrogens (primary N) is 1. The molecule has 5 heteroatoms. The lowest BCUT2D eigenvalue weighted by atomic mass is 10.0. The van der Waals surface area contributed by atoms with Crippen molar-refractivity contribution in [2.75, 3.05) is 5.32 Å². The van der Waals surface area contributed by atoms with Crippen LogP contribution >= 0.6 is 0 Å². The summed E-state index contributed by atoms with van der Waals surface area (Å²) >= 11 is 0. The third kappa shape index (κ3) is 3.65. The Bertz CT molecular complexity index is 680. The van der Waals surface area contributed by atoms with Gasteiger partial charge < -0.3 is 11.1 Å². The molecule has 2 rings (SSSR count). The average molecular weight is 283 g/mol. The van der Waals surface area contributed by atoms with Crippen molar-refractivity contribution < 1.29 is 9.18 Å². The predicted molar refractivity (Wildman–Crippen MR) is 77.7 cm³/mol. The maximum absolute atomic E-state index is 13.4. The molecular formula is C16H14FN3O. The second kappa shape index (κ2) is 6.64. The molecular weight excluding hydrogens is 269 g/mol. The summed E-state index contributed by atoms with van der Waals surface area (Å²) in [6, 6.07) is 14.6. The maximum atomic E-state index is 13.4. The van der Waals surface area contributed by atoms with Gasteiger partial charge in [-0.3, -0.25) is 4.79 Å². The highest BCUT2D eigenvalue weighted by atomic mass is 19.1. The Morgan fingerprint density at radius 3 is 2.62 bits per heavy atom. The minimum absolute atomic E-state index is 0.0470. The number of benzene rings is 2. The molecule has 4 nitrogen and oxygen atoms in total. The van der Waals surface area contributed by atoms with Gasteiger partial charge in [-0.25, -0.2) is 4.39 Å². The van der Waals surface area contributed by atoms with Crippen LogP contribution in [-0.2, 0) is 4.79 Å². The fraction of sp³-hybridized carbons (Fsp3) is 0.125. The van der Waals surface area contributed by atoms with Crippen LogP contribution in [-0.4, -0.2) is 5.91 Å². The van der Waals surface area contributed by atoms with Crippen LogP contribution in [0, 0.1) is 17.1 Å². The van der Waals surface area contributed by atoms with Gasteiger partial charge in [-0.05, 0) is 17.7 Å². The monoisotopic (exact) mass is 283 g/mol. The maximum Gasteiger partial charge on any atom is 0.226 e. The van der Waals surface area contributed by atoms with Crippen molar-refractivity contribution >= 4 is 11.6 Å². The molecule has 0 fully saturated rings. The molecule has 21 heavy (non-hydrogen) atoms. The Morgan fingerprint density at radius 2 is 1.95 bits per heavy atom. The molecule has 106 valence electrons. The van der Waals surface area contributed by atoms with Crippen molar-refractivity contribution in [3.05, 3.63) is 65.5 Å². The fourth-order valence-corrected chi connectivity index (χ4v) is 1.96. The summed E-state index contributed by atoms with van der Waals surface area (Å²) in [7, 11) is 0. The summed E-state index contributed by atoms with van der Waals surface area (Å²) in [6.45, 7) is 0. The van der Waals surface area contributed by atoms with E-state index in [1.165, 1.54) is 18.2 Å². The Labute approximate surface area is 122 Å². The van der Waals surface area contributed by atoms with Gasteiger partial charge >= 0.3 is 0 Å². The first-order valence-corrected chi connectivity index (χ1v) is 6.41. The van der Waals surface area contributed by atoms with Gasteiger partial charge in [0.15, 0.2) is 0 Å². The largest absolute Gasteiger partial charge is 0.325 e. The van der Waals surface area contributed by atoms with Gasteiger partial charge in [0.2, 0.25) is 5.91 Å². The highest BCUT2D eigenvalue weighted by Gasteiger charge is 2.14. The van der Waals surface area contributed by atoms with Crippen LogP contribution in [0.2, 0.25) is 0 Å². The van der Waals surface area contributed by atoms with E-state index < -0.39 is 11.9 Å². The van der Waals surface area contributed by atoms with Crippen molar-refractivity contribution in [2.24, 2.45) is 5.73 Å². The van der Waals surface area contributed by atoms with E-state index in [0.717, 1.165) is 5.56 Å². The molecule has 2 aromatic rings. The Balaban J connectivity index is 2.06. The van der Waals surface area contributed by atoms with Crippen LogP contribution < -0.4 is 11.1 Å². The SMILES string of the molecule is N#Cc1c(F)cccc1NC(=O)CC(N)c1ccccc1. The smallest absolute Gasteiger partial charge is 0.226 e. The first-order chi connectivity index (χ1) is 10.1. The van der Waals surface area contributed by atoms with Crippen molar-refractivity contribution in [2.45, 2.75) is 12.5 Å². The Kier molecular flexibility index (Phi) is 4.64. The first-order valence-electron chi connectivity index (χ1n) is 6.41. The molecule has 1 atom stereocenters. The predicted octanol–water partition coefficient (Wildman–Crippen LogP) is 2.73. The molecule has 3 N–H and O–H groups in total. The number of nitrogens with one attached hydrogen (secondary N) is 1. The molecule has 0 radical (unpaired) electrons. The number of carbonyl (C=O) groups excluding carboxylic acids is 1. The molecule has 0 aliphatic heterocycles. The van der Waals surface area contributed by atoms with E-state index in [4.69, 9.17) is 11.0 Å².